The summed E-state index contributed by atoms with van der Waals surface area (Å²) in [6.45, 7) is 11.7. The summed E-state index contributed by atoms with van der Waals surface area (Å²) in [5.41, 5.74) is 7.91. The van der Waals surface area contributed by atoms with Crippen molar-refractivity contribution in [1.29, 1.82) is 0 Å². The van der Waals surface area contributed by atoms with E-state index in [4.69, 9.17) is 5.73 Å². The summed E-state index contributed by atoms with van der Waals surface area (Å²) in [6.07, 6.45) is 1.88. The number of nitrogen functional groups attached to an aromatic ring is 1. The van der Waals surface area contributed by atoms with Crippen LogP contribution in [0.4, 0.5) is 11.5 Å². The summed E-state index contributed by atoms with van der Waals surface area (Å²) in [4.78, 5) is 6.72. The fourth-order valence-corrected chi connectivity index (χ4v) is 1.76. The molecule has 0 aromatic carbocycles. The molecular weight excluding hydrogens is 198 g/mol. The third-order valence-corrected chi connectivity index (χ3v) is 2.49. The molecule has 1 heterocycles. The molecule has 16 heavy (non-hydrogen) atoms. The SMILES string of the molecule is Cc1cnc(N(CC(C)C)C(C)C)c(N)c1. The average molecular weight is 221 g/mol. The largest absolute Gasteiger partial charge is 0.396 e. The highest BCUT2D eigenvalue weighted by Crippen LogP contribution is 2.23. The third kappa shape index (κ3) is 3.12. The molecule has 0 radical (unpaired) electrons. The number of aryl methyl sites for hydroxylation is 1. The molecule has 1 rings (SSSR count). The molecule has 3 nitrogen and oxygen atoms in total. The summed E-state index contributed by atoms with van der Waals surface area (Å²) < 4.78 is 0. The van der Waals surface area contributed by atoms with E-state index in [1.54, 1.807) is 0 Å². The molecule has 0 atom stereocenters. The fourth-order valence-electron chi connectivity index (χ4n) is 1.76. The van der Waals surface area contributed by atoms with Gasteiger partial charge < -0.3 is 10.6 Å². The molecule has 1 aromatic rings. The minimum atomic E-state index is 0.417. The molecule has 0 saturated carbocycles. The standard InChI is InChI=1S/C13H23N3/c1-9(2)8-16(10(3)4)13-12(14)6-11(5)7-15-13/h6-7,9-10H,8,14H2,1-5H3. The summed E-state index contributed by atoms with van der Waals surface area (Å²) in [5, 5.41) is 0. The fraction of sp³-hybridized carbons (Fsp3) is 0.615. The van der Waals surface area contributed by atoms with E-state index in [-0.39, 0.29) is 0 Å². The van der Waals surface area contributed by atoms with Crippen molar-refractivity contribution >= 4 is 11.5 Å². The van der Waals surface area contributed by atoms with Gasteiger partial charge >= 0.3 is 0 Å². The zero-order chi connectivity index (χ0) is 12.3. The lowest BCUT2D eigenvalue weighted by atomic mass is 10.1. The van der Waals surface area contributed by atoms with Crippen LogP contribution in [-0.4, -0.2) is 17.6 Å². The minimum absolute atomic E-state index is 0.417. The number of hydrogen-bond donors (Lipinski definition) is 1. The molecular formula is C13H23N3. The van der Waals surface area contributed by atoms with Gasteiger partial charge in [-0.1, -0.05) is 13.8 Å². The number of anilines is 2. The van der Waals surface area contributed by atoms with Crippen molar-refractivity contribution in [2.24, 2.45) is 5.92 Å². The first-order valence-corrected chi connectivity index (χ1v) is 5.90. The zero-order valence-electron chi connectivity index (χ0n) is 11.0. The highest BCUT2D eigenvalue weighted by Gasteiger charge is 2.15. The molecule has 0 amide bonds. The Kier molecular flexibility index (Phi) is 4.16. The van der Waals surface area contributed by atoms with Crippen molar-refractivity contribution in [1.82, 2.24) is 4.98 Å². The Morgan fingerprint density at radius 1 is 1.31 bits per heavy atom. The second-order valence-corrected chi connectivity index (χ2v) is 5.07. The molecule has 0 aliphatic carbocycles. The van der Waals surface area contributed by atoms with E-state index in [9.17, 15) is 0 Å². The molecule has 0 aliphatic rings. The molecule has 0 unspecified atom stereocenters. The highest BCUT2D eigenvalue weighted by atomic mass is 15.2. The monoisotopic (exact) mass is 221 g/mol. The molecule has 3 heteroatoms. The number of hydrogen-bond acceptors (Lipinski definition) is 3. The maximum absolute atomic E-state index is 6.03. The molecule has 2 N–H and O–H groups in total. The van der Waals surface area contributed by atoms with Crippen LogP contribution in [0.15, 0.2) is 12.3 Å². The Hall–Kier alpha value is -1.25. The Bertz CT molecular complexity index is 345. The Morgan fingerprint density at radius 2 is 1.94 bits per heavy atom. The zero-order valence-corrected chi connectivity index (χ0v) is 11.0. The van der Waals surface area contributed by atoms with E-state index < -0.39 is 0 Å². The number of nitrogens with zero attached hydrogens (tertiary/aromatic N) is 2. The Balaban J connectivity index is 3.01. The van der Waals surface area contributed by atoms with Gasteiger partial charge in [-0.25, -0.2) is 4.98 Å². The van der Waals surface area contributed by atoms with Crippen LogP contribution in [-0.2, 0) is 0 Å². The average Bonchev–Trinajstić information content (AvgIpc) is 2.14. The lowest BCUT2D eigenvalue weighted by Gasteiger charge is -2.30. The van der Waals surface area contributed by atoms with Gasteiger partial charge in [-0.3, -0.25) is 0 Å². The van der Waals surface area contributed by atoms with E-state index in [0.29, 0.717) is 12.0 Å². The minimum Gasteiger partial charge on any atom is -0.396 e. The van der Waals surface area contributed by atoms with Gasteiger partial charge in [-0.05, 0) is 38.3 Å². The third-order valence-electron chi connectivity index (χ3n) is 2.49. The van der Waals surface area contributed by atoms with Crippen LogP contribution in [0.2, 0.25) is 0 Å². The molecule has 0 bridgehead atoms. The molecule has 0 fully saturated rings. The van der Waals surface area contributed by atoms with E-state index >= 15 is 0 Å². The van der Waals surface area contributed by atoms with Crippen molar-refractivity contribution in [3.63, 3.8) is 0 Å². The van der Waals surface area contributed by atoms with Crippen LogP contribution in [0, 0.1) is 12.8 Å². The van der Waals surface area contributed by atoms with Crippen LogP contribution in [0.5, 0.6) is 0 Å². The smallest absolute Gasteiger partial charge is 0.152 e. The first-order chi connectivity index (χ1) is 7.41. The lowest BCUT2D eigenvalue weighted by molar-refractivity contribution is 0.567. The van der Waals surface area contributed by atoms with Gasteiger partial charge in [0.05, 0.1) is 5.69 Å². The van der Waals surface area contributed by atoms with Crippen LogP contribution in [0.3, 0.4) is 0 Å². The quantitative estimate of drug-likeness (QED) is 0.850. The number of pyridine rings is 1. The van der Waals surface area contributed by atoms with E-state index in [1.807, 2.05) is 19.2 Å². The van der Waals surface area contributed by atoms with Gasteiger partial charge in [0.1, 0.15) is 0 Å². The number of aromatic nitrogens is 1. The van der Waals surface area contributed by atoms with Crippen LogP contribution in [0.25, 0.3) is 0 Å². The normalized spacial score (nSPS) is 11.2. The lowest BCUT2D eigenvalue weighted by Crippen LogP contribution is -2.35. The van der Waals surface area contributed by atoms with Gasteiger partial charge in [0, 0.05) is 18.8 Å². The summed E-state index contributed by atoms with van der Waals surface area (Å²) in [7, 11) is 0. The first kappa shape index (κ1) is 12.8. The Labute approximate surface area is 98.7 Å². The van der Waals surface area contributed by atoms with Gasteiger partial charge in [-0.2, -0.15) is 0 Å². The van der Waals surface area contributed by atoms with Crippen LogP contribution in [0.1, 0.15) is 33.3 Å². The second kappa shape index (κ2) is 5.19. The van der Waals surface area contributed by atoms with Crippen LogP contribution < -0.4 is 10.6 Å². The molecule has 1 aromatic heterocycles. The predicted molar refractivity (Wildman–Crippen MR) is 70.7 cm³/mol. The van der Waals surface area contributed by atoms with E-state index in [2.05, 4.69) is 37.6 Å². The van der Waals surface area contributed by atoms with E-state index in [0.717, 1.165) is 23.6 Å². The molecule has 0 aliphatic heterocycles. The number of rotatable bonds is 4. The van der Waals surface area contributed by atoms with Crippen LogP contribution >= 0.6 is 0 Å². The van der Waals surface area contributed by atoms with Crippen molar-refractivity contribution < 1.29 is 0 Å². The summed E-state index contributed by atoms with van der Waals surface area (Å²) in [6, 6.07) is 2.40. The van der Waals surface area contributed by atoms with E-state index in [1.165, 1.54) is 0 Å². The van der Waals surface area contributed by atoms with Gasteiger partial charge in [0.25, 0.3) is 0 Å². The maximum atomic E-state index is 6.03. The van der Waals surface area contributed by atoms with Crippen molar-refractivity contribution in [2.75, 3.05) is 17.2 Å². The number of nitrogens with two attached hydrogens (primary N) is 1. The van der Waals surface area contributed by atoms with Crippen molar-refractivity contribution in [2.45, 2.75) is 40.7 Å². The molecule has 0 spiro atoms. The second-order valence-electron chi connectivity index (χ2n) is 5.07. The summed E-state index contributed by atoms with van der Waals surface area (Å²) in [5.74, 6) is 1.51. The Morgan fingerprint density at radius 3 is 2.38 bits per heavy atom. The first-order valence-electron chi connectivity index (χ1n) is 5.90. The van der Waals surface area contributed by atoms with Gasteiger partial charge in [0.15, 0.2) is 5.82 Å². The summed E-state index contributed by atoms with van der Waals surface area (Å²) >= 11 is 0. The predicted octanol–water partition coefficient (Wildman–Crippen LogP) is 2.84. The van der Waals surface area contributed by atoms with Crippen molar-refractivity contribution in [3.8, 4) is 0 Å². The van der Waals surface area contributed by atoms with Gasteiger partial charge in [-0.15, -0.1) is 0 Å². The van der Waals surface area contributed by atoms with Gasteiger partial charge in [0.2, 0.25) is 0 Å². The van der Waals surface area contributed by atoms with Crippen molar-refractivity contribution in [3.05, 3.63) is 17.8 Å². The maximum Gasteiger partial charge on any atom is 0.152 e. The molecule has 0 saturated heterocycles. The molecule has 90 valence electrons. The highest BCUT2D eigenvalue weighted by molar-refractivity contribution is 5.63. The topological polar surface area (TPSA) is 42.2 Å².